The quantitative estimate of drug-likeness (QED) is 0.784. The first-order chi connectivity index (χ1) is 13.1. The van der Waals surface area contributed by atoms with Crippen molar-refractivity contribution in [3.63, 3.8) is 0 Å². The minimum atomic E-state index is 0.220. The number of rotatable bonds is 7. The summed E-state index contributed by atoms with van der Waals surface area (Å²) in [7, 11) is 1.71. The lowest BCUT2D eigenvalue weighted by Gasteiger charge is -2.41. The fourth-order valence-corrected chi connectivity index (χ4v) is 3.98. The molecule has 0 spiro atoms. The van der Waals surface area contributed by atoms with E-state index in [1.807, 2.05) is 18.2 Å². The minimum Gasteiger partial charge on any atom is -0.496 e. The smallest absolute Gasteiger partial charge is 0.121 e. The fourth-order valence-electron chi connectivity index (χ4n) is 3.85. The predicted molar refractivity (Wildman–Crippen MR) is 110 cm³/mol. The highest BCUT2D eigenvalue weighted by atomic mass is 35.5. The van der Waals surface area contributed by atoms with Crippen LogP contribution in [-0.4, -0.2) is 54.3 Å². The zero-order valence-electron chi connectivity index (χ0n) is 16.2. The van der Waals surface area contributed by atoms with E-state index in [1.165, 1.54) is 11.1 Å². The van der Waals surface area contributed by atoms with Gasteiger partial charge in [-0.15, -0.1) is 0 Å². The molecule has 0 saturated carbocycles. The van der Waals surface area contributed by atoms with Crippen molar-refractivity contribution in [2.45, 2.75) is 32.5 Å². The highest BCUT2D eigenvalue weighted by molar-refractivity contribution is 6.30. The van der Waals surface area contributed by atoms with Gasteiger partial charge in [0.1, 0.15) is 5.75 Å². The predicted octanol–water partition coefficient (Wildman–Crippen LogP) is 3.73. The molecular weight excluding hydrogens is 360 g/mol. The summed E-state index contributed by atoms with van der Waals surface area (Å²) in [5, 5.41) is 10.3. The van der Waals surface area contributed by atoms with Gasteiger partial charge in [-0.05, 0) is 48.2 Å². The Morgan fingerprint density at radius 2 is 1.81 bits per heavy atom. The van der Waals surface area contributed by atoms with Crippen LogP contribution in [0.4, 0.5) is 0 Å². The van der Waals surface area contributed by atoms with Gasteiger partial charge < -0.3 is 9.84 Å². The van der Waals surface area contributed by atoms with Crippen molar-refractivity contribution in [1.82, 2.24) is 9.80 Å². The van der Waals surface area contributed by atoms with Crippen LogP contribution in [-0.2, 0) is 13.1 Å². The Morgan fingerprint density at radius 1 is 1.07 bits per heavy atom. The second kappa shape index (κ2) is 9.56. The van der Waals surface area contributed by atoms with Crippen LogP contribution < -0.4 is 4.74 Å². The van der Waals surface area contributed by atoms with Gasteiger partial charge in [-0.1, -0.05) is 35.9 Å². The van der Waals surface area contributed by atoms with E-state index >= 15 is 0 Å². The standard InChI is InChI=1S/C22H29ClN2O2/c1-17-13-19(5-8-22(17)27-2)15-25-11-10-24(16-21(25)9-12-26)14-18-3-6-20(23)7-4-18/h3-8,13,21,26H,9-12,14-16H2,1-2H3. The summed E-state index contributed by atoms with van der Waals surface area (Å²) in [5.74, 6) is 0.929. The number of aryl methyl sites for hydroxylation is 1. The third kappa shape index (κ3) is 5.45. The number of halogens is 1. The summed E-state index contributed by atoms with van der Waals surface area (Å²) in [6, 6.07) is 14.8. The van der Waals surface area contributed by atoms with Crippen LogP contribution in [0.2, 0.25) is 5.02 Å². The minimum absolute atomic E-state index is 0.220. The molecule has 27 heavy (non-hydrogen) atoms. The SMILES string of the molecule is COc1ccc(CN2CCN(Cc3ccc(Cl)cc3)CC2CCO)cc1C. The van der Waals surface area contributed by atoms with Crippen molar-refractivity contribution in [1.29, 1.82) is 0 Å². The number of methoxy groups -OCH3 is 1. The Balaban J connectivity index is 1.63. The highest BCUT2D eigenvalue weighted by Crippen LogP contribution is 2.23. The molecule has 2 aromatic rings. The number of piperazine rings is 1. The van der Waals surface area contributed by atoms with Gasteiger partial charge in [-0.3, -0.25) is 9.80 Å². The van der Waals surface area contributed by atoms with E-state index in [4.69, 9.17) is 16.3 Å². The van der Waals surface area contributed by atoms with E-state index in [9.17, 15) is 5.11 Å². The monoisotopic (exact) mass is 388 g/mol. The number of ether oxygens (including phenoxy) is 1. The summed E-state index contributed by atoms with van der Waals surface area (Å²) in [6.45, 7) is 7.13. The Bertz CT molecular complexity index is 736. The molecular formula is C22H29ClN2O2. The van der Waals surface area contributed by atoms with Crippen molar-refractivity contribution in [3.8, 4) is 5.75 Å². The van der Waals surface area contributed by atoms with Crippen molar-refractivity contribution in [2.24, 2.45) is 0 Å². The maximum Gasteiger partial charge on any atom is 0.121 e. The molecule has 1 aliphatic heterocycles. The molecule has 5 heteroatoms. The van der Waals surface area contributed by atoms with E-state index in [2.05, 4.69) is 41.0 Å². The first-order valence-electron chi connectivity index (χ1n) is 9.54. The number of benzene rings is 2. The lowest BCUT2D eigenvalue weighted by atomic mass is 10.0. The van der Waals surface area contributed by atoms with Crippen LogP contribution in [0.1, 0.15) is 23.1 Å². The van der Waals surface area contributed by atoms with Gasteiger partial charge in [-0.25, -0.2) is 0 Å². The second-order valence-corrected chi connectivity index (χ2v) is 7.74. The second-order valence-electron chi connectivity index (χ2n) is 7.30. The third-order valence-corrected chi connectivity index (χ3v) is 5.57. The summed E-state index contributed by atoms with van der Waals surface area (Å²) in [5.41, 5.74) is 3.74. The normalized spacial score (nSPS) is 18.6. The third-order valence-electron chi connectivity index (χ3n) is 5.32. The Morgan fingerprint density at radius 3 is 2.48 bits per heavy atom. The van der Waals surface area contributed by atoms with Gasteiger partial charge >= 0.3 is 0 Å². The first kappa shape index (κ1) is 20.2. The van der Waals surface area contributed by atoms with Crippen LogP contribution in [0, 0.1) is 6.92 Å². The molecule has 146 valence electrons. The van der Waals surface area contributed by atoms with Crippen molar-refractivity contribution in [2.75, 3.05) is 33.4 Å². The summed E-state index contributed by atoms with van der Waals surface area (Å²) < 4.78 is 5.37. The molecule has 1 atom stereocenters. The van der Waals surface area contributed by atoms with Crippen LogP contribution in [0.15, 0.2) is 42.5 Å². The molecule has 0 radical (unpaired) electrons. The molecule has 4 nitrogen and oxygen atoms in total. The topological polar surface area (TPSA) is 35.9 Å². The van der Waals surface area contributed by atoms with Crippen LogP contribution in [0.25, 0.3) is 0 Å². The molecule has 1 saturated heterocycles. The molecule has 1 aliphatic rings. The molecule has 0 aliphatic carbocycles. The number of aliphatic hydroxyl groups is 1. The van der Waals surface area contributed by atoms with E-state index in [0.717, 1.165) is 55.5 Å². The Kier molecular flexibility index (Phi) is 7.13. The largest absolute Gasteiger partial charge is 0.496 e. The van der Waals surface area contributed by atoms with Gasteiger partial charge in [0.2, 0.25) is 0 Å². The molecule has 3 rings (SSSR count). The molecule has 1 heterocycles. The lowest BCUT2D eigenvalue weighted by Crippen LogP contribution is -2.52. The maximum absolute atomic E-state index is 9.54. The number of aliphatic hydroxyl groups excluding tert-OH is 1. The fraction of sp³-hybridized carbons (Fsp3) is 0.455. The molecule has 0 bridgehead atoms. The molecule has 1 unspecified atom stereocenters. The average Bonchev–Trinajstić information content (AvgIpc) is 2.66. The summed E-state index contributed by atoms with van der Waals surface area (Å²) in [6.07, 6.45) is 0.798. The lowest BCUT2D eigenvalue weighted by molar-refractivity contribution is 0.0499. The van der Waals surface area contributed by atoms with E-state index in [-0.39, 0.29) is 6.61 Å². The Hall–Kier alpha value is -1.59. The first-order valence-corrected chi connectivity index (χ1v) is 9.92. The van der Waals surface area contributed by atoms with E-state index in [0.29, 0.717) is 6.04 Å². The van der Waals surface area contributed by atoms with Gasteiger partial charge in [0.05, 0.1) is 7.11 Å². The number of hydrogen-bond donors (Lipinski definition) is 1. The average molecular weight is 389 g/mol. The molecule has 0 aromatic heterocycles. The molecule has 2 aromatic carbocycles. The van der Waals surface area contributed by atoms with Gasteiger partial charge in [0.25, 0.3) is 0 Å². The van der Waals surface area contributed by atoms with Crippen molar-refractivity contribution >= 4 is 11.6 Å². The van der Waals surface area contributed by atoms with Crippen molar-refractivity contribution in [3.05, 3.63) is 64.2 Å². The van der Waals surface area contributed by atoms with Crippen molar-refractivity contribution < 1.29 is 9.84 Å². The van der Waals surface area contributed by atoms with Crippen LogP contribution in [0.3, 0.4) is 0 Å². The van der Waals surface area contributed by atoms with Crippen LogP contribution in [0.5, 0.6) is 5.75 Å². The number of hydrogen-bond acceptors (Lipinski definition) is 4. The molecule has 1 fully saturated rings. The van der Waals surface area contributed by atoms with Gasteiger partial charge in [0, 0.05) is 50.4 Å². The van der Waals surface area contributed by atoms with Crippen LogP contribution >= 0.6 is 11.6 Å². The zero-order chi connectivity index (χ0) is 19.2. The Labute approximate surface area is 167 Å². The molecule has 1 N–H and O–H groups in total. The number of nitrogens with zero attached hydrogens (tertiary/aromatic N) is 2. The summed E-state index contributed by atoms with van der Waals surface area (Å²) >= 11 is 5.99. The summed E-state index contributed by atoms with van der Waals surface area (Å²) in [4.78, 5) is 4.97. The zero-order valence-corrected chi connectivity index (χ0v) is 17.0. The van der Waals surface area contributed by atoms with E-state index in [1.54, 1.807) is 7.11 Å². The maximum atomic E-state index is 9.54. The van der Waals surface area contributed by atoms with Gasteiger partial charge in [0.15, 0.2) is 0 Å². The highest BCUT2D eigenvalue weighted by Gasteiger charge is 2.26. The van der Waals surface area contributed by atoms with Gasteiger partial charge in [-0.2, -0.15) is 0 Å². The van der Waals surface area contributed by atoms with E-state index < -0.39 is 0 Å². The molecule has 0 amide bonds.